The van der Waals surface area contributed by atoms with E-state index in [-0.39, 0.29) is 48.5 Å². The Morgan fingerprint density at radius 2 is 1.87 bits per heavy atom. The lowest BCUT2D eigenvalue weighted by atomic mass is 9.78. The predicted octanol–water partition coefficient (Wildman–Crippen LogP) is 1.81. The van der Waals surface area contributed by atoms with Crippen LogP contribution in [0.4, 0.5) is 0 Å². The monoisotopic (exact) mass is 367 g/mol. The molecule has 0 unspecified atom stereocenters. The predicted molar refractivity (Wildman–Crippen MR) is 96.5 cm³/mol. The molecular weight excluding hydrogens is 337 g/mol. The molecule has 3 fully saturated rings. The van der Waals surface area contributed by atoms with Crippen molar-refractivity contribution in [2.45, 2.75) is 62.7 Å². The molecule has 0 bridgehead atoms. The molecule has 0 aromatic heterocycles. The maximum absolute atomic E-state index is 13.0. The van der Waals surface area contributed by atoms with E-state index in [4.69, 9.17) is 10.5 Å². The average Bonchev–Trinajstić information content (AvgIpc) is 2.96. The summed E-state index contributed by atoms with van der Waals surface area (Å²) in [7, 11) is 2.18. The van der Waals surface area contributed by atoms with Gasteiger partial charge in [0, 0.05) is 26.2 Å². The van der Waals surface area contributed by atoms with Gasteiger partial charge in [-0.1, -0.05) is 19.3 Å². The van der Waals surface area contributed by atoms with E-state index in [2.05, 4.69) is 16.8 Å². The van der Waals surface area contributed by atoms with Crippen molar-refractivity contribution in [3.8, 4) is 0 Å². The van der Waals surface area contributed by atoms with Crippen molar-refractivity contribution in [2.75, 3.05) is 33.2 Å². The molecule has 0 radical (unpaired) electrons. The number of halogens is 2. The standard InChI is InChI=1S/C16H29N3O2.2ClH/c1-18-9-10-19(16(12-18)7-3-2-4-8-16)15(20)14-6-5-13(11-17)21-14;;/h13-14H,2-12,17H2,1H3;2*1H/t13-,14+;;/m1../s1. The van der Waals surface area contributed by atoms with E-state index in [1.54, 1.807) is 0 Å². The van der Waals surface area contributed by atoms with Crippen LogP contribution in [0.5, 0.6) is 0 Å². The van der Waals surface area contributed by atoms with Gasteiger partial charge in [-0.15, -0.1) is 24.8 Å². The number of ether oxygens (including phenoxy) is 1. The second-order valence-corrected chi connectivity index (χ2v) is 7.07. The lowest BCUT2D eigenvalue weighted by Crippen LogP contribution is -2.65. The van der Waals surface area contributed by atoms with Gasteiger partial charge in [-0.25, -0.2) is 0 Å². The number of amides is 1. The third kappa shape index (κ3) is 4.31. The normalized spacial score (nSPS) is 30.6. The van der Waals surface area contributed by atoms with Gasteiger partial charge < -0.3 is 20.3 Å². The van der Waals surface area contributed by atoms with E-state index in [0.717, 1.165) is 45.3 Å². The first-order valence-electron chi connectivity index (χ1n) is 8.50. The Balaban J connectivity index is 0.00000132. The van der Waals surface area contributed by atoms with Crippen LogP contribution in [0, 0.1) is 0 Å². The number of hydrogen-bond donors (Lipinski definition) is 1. The molecule has 0 aromatic carbocycles. The number of piperazine rings is 1. The Labute approximate surface area is 152 Å². The van der Waals surface area contributed by atoms with Gasteiger partial charge in [-0.2, -0.15) is 0 Å². The Morgan fingerprint density at radius 3 is 2.48 bits per heavy atom. The second-order valence-electron chi connectivity index (χ2n) is 7.07. The van der Waals surface area contributed by atoms with Crippen molar-refractivity contribution < 1.29 is 9.53 Å². The van der Waals surface area contributed by atoms with Crippen molar-refractivity contribution in [1.82, 2.24) is 9.80 Å². The van der Waals surface area contributed by atoms with Gasteiger partial charge in [0.25, 0.3) is 5.91 Å². The number of nitrogens with zero attached hydrogens (tertiary/aromatic N) is 2. The van der Waals surface area contributed by atoms with Crippen molar-refractivity contribution in [3.63, 3.8) is 0 Å². The van der Waals surface area contributed by atoms with Crippen molar-refractivity contribution in [1.29, 1.82) is 0 Å². The molecule has 2 atom stereocenters. The summed E-state index contributed by atoms with van der Waals surface area (Å²) in [6.45, 7) is 3.37. The third-order valence-electron chi connectivity index (χ3n) is 5.54. The van der Waals surface area contributed by atoms with Crippen LogP contribution in [0.2, 0.25) is 0 Å². The molecule has 1 aliphatic carbocycles. The number of carbonyl (C=O) groups excluding carboxylic acids is 1. The van der Waals surface area contributed by atoms with Gasteiger partial charge >= 0.3 is 0 Å². The maximum atomic E-state index is 13.0. The fourth-order valence-corrected chi connectivity index (χ4v) is 4.39. The molecule has 5 nitrogen and oxygen atoms in total. The fourth-order valence-electron chi connectivity index (χ4n) is 4.39. The number of likely N-dealkylation sites (N-methyl/N-ethyl adjacent to an activating group) is 1. The van der Waals surface area contributed by atoms with Crippen LogP contribution in [0.1, 0.15) is 44.9 Å². The van der Waals surface area contributed by atoms with Gasteiger partial charge in [0.05, 0.1) is 11.6 Å². The van der Waals surface area contributed by atoms with Crippen LogP contribution >= 0.6 is 24.8 Å². The smallest absolute Gasteiger partial charge is 0.252 e. The molecule has 2 aliphatic heterocycles. The van der Waals surface area contributed by atoms with E-state index in [1.807, 2.05) is 0 Å². The van der Waals surface area contributed by atoms with E-state index in [0.29, 0.717) is 6.54 Å². The molecule has 1 amide bonds. The van der Waals surface area contributed by atoms with Crippen LogP contribution in [0.25, 0.3) is 0 Å². The van der Waals surface area contributed by atoms with Gasteiger partial charge in [-0.05, 0) is 32.7 Å². The van der Waals surface area contributed by atoms with Crippen molar-refractivity contribution in [2.24, 2.45) is 5.73 Å². The molecule has 2 N–H and O–H groups in total. The number of rotatable bonds is 2. The lowest BCUT2D eigenvalue weighted by Gasteiger charge is -2.52. The molecule has 0 aromatic rings. The number of carbonyl (C=O) groups is 1. The Bertz CT molecular complexity index is 392. The minimum Gasteiger partial charge on any atom is -0.364 e. The Morgan fingerprint density at radius 1 is 1.17 bits per heavy atom. The highest BCUT2D eigenvalue weighted by Crippen LogP contribution is 2.37. The van der Waals surface area contributed by atoms with E-state index < -0.39 is 0 Å². The summed E-state index contributed by atoms with van der Waals surface area (Å²) in [4.78, 5) is 17.5. The molecule has 23 heavy (non-hydrogen) atoms. The Hall–Kier alpha value is -0.0700. The average molecular weight is 368 g/mol. The van der Waals surface area contributed by atoms with Crippen LogP contribution < -0.4 is 5.73 Å². The quantitative estimate of drug-likeness (QED) is 0.808. The highest BCUT2D eigenvalue weighted by molar-refractivity contribution is 5.85. The van der Waals surface area contributed by atoms with E-state index in [9.17, 15) is 4.79 Å². The molecule has 2 saturated heterocycles. The molecule has 1 spiro atoms. The zero-order valence-corrected chi connectivity index (χ0v) is 15.7. The lowest BCUT2D eigenvalue weighted by molar-refractivity contribution is -0.155. The minimum atomic E-state index is -0.249. The zero-order valence-electron chi connectivity index (χ0n) is 14.0. The summed E-state index contributed by atoms with van der Waals surface area (Å²) in [5, 5.41) is 0. The Kier molecular flexibility index (Phi) is 8.08. The molecule has 136 valence electrons. The third-order valence-corrected chi connectivity index (χ3v) is 5.54. The second kappa shape index (κ2) is 8.86. The highest BCUT2D eigenvalue weighted by Gasteiger charge is 2.46. The molecule has 1 saturated carbocycles. The number of hydrogen-bond acceptors (Lipinski definition) is 4. The van der Waals surface area contributed by atoms with Gasteiger partial charge in [0.1, 0.15) is 6.10 Å². The molecule has 3 aliphatic rings. The van der Waals surface area contributed by atoms with E-state index in [1.165, 1.54) is 19.3 Å². The molecule has 2 heterocycles. The van der Waals surface area contributed by atoms with Gasteiger partial charge in [0.2, 0.25) is 0 Å². The van der Waals surface area contributed by atoms with Crippen LogP contribution in [0.15, 0.2) is 0 Å². The molecule has 3 rings (SSSR count). The summed E-state index contributed by atoms with van der Waals surface area (Å²) >= 11 is 0. The minimum absolute atomic E-state index is 0. The van der Waals surface area contributed by atoms with Crippen LogP contribution in [-0.4, -0.2) is 66.7 Å². The zero-order chi connectivity index (χ0) is 14.9. The van der Waals surface area contributed by atoms with E-state index >= 15 is 0 Å². The topological polar surface area (TPSA) is 58.8 Å². The summed E-state index contributed by atoms with van der Waals surface area (Å²) in [6, 6.07) is 0. The largest absolute Gasteiger partial charge is 0.364 e. The fraction of sp³-hybridized carbons (Fsp3) is 0.938. The first kappa shape index (κ1) is 21.0. The van der Waals surface area contributed by atoms with Gasteiger partial charge in [-0.3, -0.25) is 4.79 Å². The summed E-state index contributed by atoms with van der Waals surface area (Å²) in [6.07, 6.45) is 7.68. The first-order chi connectivity index (χ1) is 10.1. The number of nitrogens with two attached hydrogens (primary N) is 1. The summed E-state index contributed by atoms with van der Waals surface area (Å²) in [5.74, 6) is 0.223. The molecular formula is C16H31Cl2N3O2. The highest BCUT2D eigenvalue weighted by atomic mass is 35.5. The van der Waals surface area contributed by atoms with Crippen molar-refractivity contribution in [3.05, 3.63) is 0 Å². The first-order valence-corrected chi connectivity index (χ1v) is 8.50. The van der Waals surface area contributed by atoms with Crippen LogP contribution in [0.3, 0.4) is 0 Å². The summed E-state index contributed by atoms with van der Waals surface area (Å²) in [5.41, 5.74) is 5.73. The van der Waals surface area contributed by atoms with Crippen molar-refractivity contribution >= 4 is 30.7 Å². The SMILES string of the molecule is CN1CCN(C(=O)[C@@H]2CC[C@H](CN)O2)C2(CCCCC2)C1.Cl.Cl. The van der Waals surface area contributed by atoms with Gasteiger partial charge in [0.15, 0.2) is 0 Å². The maximum Gasteiger partial charge on any atom is 0.252 e. The molecule has 7 heteroatoms. The van der Waals surface area contributed by atoms with Crippen LogP contribution in [-0.2, 0) is 9.53 Å². The summed E-state index contributed by atoms with van der Waals surface area (Å²) < 4.78 is 5.86.